The largest absolute Gasteiger partial charge is 0.508 e. The molecule has 2 N–H and O–H groups in total. The zero-order chi connectivity index (χ0) is 28.1. The molecular formula is C27H41NO9. The Morgan fingerprint density at radius 3 is 1.86 bits per heavy atom. The number of hydrogen-bond donors (Lipinski definition) is 2. The van der Waals surface area contributed by atoms with Crippen molar-refractivity contribution in [2.45, 2.75) is 92.4 Å². The first-order valence-corrected chi connectivity index (χ1v) is 12.8. The molecule has 0 aromatic heterocycles. The van der Waals surface area contributed by atoms with E-state index in [1.807, 2.05) is 20.8 Å². The molecule has 1 aromatic rings. The smallest absolute Gasteiger partial charge is 0.480 e. The Balaban J connectivity index is 3.00. The van der Waals surface area contributed by atoms with E-state index in [0.29, 0.717) is 24.8 Å². The molecule has 37 heavy (non-hydrogen) atoms. The van der Waals surface area contributed by atoms with E-state index in [1.165, 1.54) is 12.1 Å². The van der Waals surface area contributed by atoms with Gasteiger partial charge >= 0.3 is 24.1 Å². The average molecular weight is 524 g/mol. The van der Waals surface area contributed by atoms with Crippen molar-refractivity contribution in [2.75, 3.05) is 6.54 Å². The van der Waals surface area contributed by atoms with Crippen LogP contribution in [0.5, 0.6) is 11.5 Å². The molecule has 0 radical (unpaired) electrons. The molecule has 0 amide bonds. The first-order valence-electron chi connectivity index (χ1n) is 12.8. The van der Waals surface area contributed by atoms with Crippen LogP contribution in [-0.2, 0) is 30.3 Å². The molecule has 0 aliphatic rings. The molecule has 0 heterocycles. The van der Waals surface area contributed by atoms with Crippen molar-refractivity contribution >= 4 is 24.1 Å². The van der Waals surface area contributed by atoms with Crippen LogP contribution in [0.15, 0.2) is 18.2 Å². The average Bonchev–Trinajstić information content (AvgIpc) is 2.86. The lowest BCUT2D eigenvalue weighted by atomic mass is 10.0. The van der Waals surface area contributed by atoms with Gasteiger partial charge in [-0.3, -0.25) is 14.4 Å². The fourth-order valence-corrected chi connectivity index (χ4v) is 2.87. The molecule has 5 atom stereocenters. The highest BCUT2D eigenvalue weighted by molar-refractivity contribution is 5.78. The second-order valence-corrected chi connectivity index (χ2v) is 9.26. The van der Waals surface area contributed by atoms with E-state index in [-0.39, 0.29) is 42.4 Å². The van der Waals surface area contributed by atoms with Gasteiger partial charge in [0.25, 0.3) is 0 Å². The van der Waals surface area contributed by atoms with Gasteiger partial charge in [0.05, 0.1) is 11.8 Å². The maximum atomic E-state index is 12.4. The molecule has 1 aromatic carbocycles. The van der Waals surface area contributed by atoms with Crippen LogP contribution in [0.1, 0.15) is 73.3 Å². The summed E-state index contributed by atoms with van der Waals surface area (Å²) in [6, 6.07) is 3.58. The molecule has 10 heteroatoms. The van der Waals surface area contributed by atoms with Crippen LogP contribution < -0.4 is 14.8 Å². The Labute approximate surface area is 219 Å². The van der Waals surface area contributed by atoms with E-state index in [1.54, 1.807) is 33.8 Å². The molecule has 0 aliphatic heterocycles. The molecule has 0 saturated heterocycles. The van der Waals surface area contributed by atoms with Crippen molar-refractivity contribution < 1.29 is 43.2 Å². The van der Waals surface area contributed by atoms with Crippen molar-refractivity contribution in [3.63, 3.8) is 0 Å². The van der Waals surface area contributed by atoms with E-state index in [4.69, 9.17) is 18.9 Å². The molecule has 0 bridgehead atoms. The second kappa shape index (κ2) is 15.9. The van der Waals surface area contributed by atoms with Gasteiger partial charge in [-0.25, -0.2) is 4.79 Å². The molecule has 10 nitrogen and oxygen atoms in total. The van der Waals surface area contributed by atoms with Crippen molar-refractivity contribution in [3.05, 3.63) is 23.8 Å². The van der Waals surface area contributed by atoms with Gasteiger partial charge in [-0.2, -0.15) is 0 Å². The zero-order valence-electron chi connectivity index (χ0n) is 22.9. The van der Waals surface area contributed by atoms with Gasteiger partial charge in [0, 0.05) is 6.54 Å². The summed E-state index contributed by atoms with van der Waals surface area (Å²) < 4.78 is 21.2. The van der Waals surface area contributed by atoms with Gasteiger partial charge in [0.15, 0.2) is 11.5 Å². The van der Waals surface area contributed by atoms with E-state index in [9.17, 15) is 24.3 Å². The number of nitrogens with one attached hydrogen (secondary N) is 1. The number of carboxylic acids is 1. The van der Waals surface area contributed by atoms with E-state index < -0.39 is 36.2 Å². The molecule has 0 spiro atoms. The number of hydrogen-bond acceptors (Lipinski definition) is 9. The van der Waals surface area contributed by atoms with Gasteiger partial charge in [-0.05, 0) is 57.2 Å². The highest BCUT2D eigenvalue weighted by Crippen LogP contribution is 2.31. The molecule has 0 aliphatic carbocycles. The van der Waals surface area contributed by atoms with Gasteiger partial charge in [-0.15, -0.1) is 0 Å². The summed E-state index contributed by atoms with van der Waals surface area (Å²) >= 11 is 0. The van der Waals surface area contributed by atoms with E-state index >= 15 is 0 Å². The lowest BCUT2D eigenvalue weighted by molar-refractivity contribution is -0.141. The van der Waals surface area contributed by atoms with Crippen LogP contribution in [0.25, 0.3) is 0 Å². The van der Waals surface area contributed by atoms with Crippen LogP contribution in [0, 0.1) is 11.8 Å². The standard InChI is InChI=1S/C27H41NO9/c1-8-16(4)25(31)36-22-12-11-20(14-23(22)37-26(32)17(5)9-2)13-21(24(29)30)28-15-19(7)35-27(33)34-18(6)10-3/h11-12,14,16-19,21,28H,8-10,13,15H2,1-7H3,(H,29,30)/t16?,17?,18?,19?,21-/m0/s1. The lowest BCUT2D eigenvalue weighted by Crippen LogP contribution is -2.42. The molecule has 1 rings (SSSR count). The number of carboxylic acid groups (broad SMARTS) is 1. The minimum absolute atomic E-state index is 0.0346. The van der Waals surface area contributed by atoms with Gasteiger partial charge in [-0.1, -0.05) is 40.7 Å². The summed E-state index contributed by atoms with van der Waals surface area (Å²) in [5.41, 5.74) is 0.542. The second-order valence-electron chi connectivity index (χ2n) is 9.26. The van der Waals surface area contributed by atoms with Crippen molar-refractivity contribution in [1.29, 1.82) is 0 Å². The monoisotopic (exact) mass is 523 g/mol. The van der Waals surface area contributed by atoms with E-state index in [2.05, 4.69) is 5.32 Å². The Hall–Kier alpha value is -3.14. The highest BCUT2D eigenvalue weighted by Gasteiger charge is 2.24. The van der Waals surface area contributed by atoms with Gasteiger partial charge in [0.2, 0.25) is 0 Å². The summed E-state index contributed by atoms with van der Waals surface area (Å²) in [4.78, 5) is 48.4. The van der Waals surface area contributed by atoms with Crippen molar-refractivity contribution in [3.8, 4) is 11.5 Å². The minimum Gasteiger partial charge on any atom is -0.480 e. The maximum absolute atomic E-state index is 12.4. The third kappa shape index (κ3) is 11.2. The molecule has 0 fully saturated rings. The number of carbonyl (C=O) groups excluding carboxylic acids is 3. The lowest BCUT2D eigenvalue weighted by Gasteiger charge is -2.20. The summed E-state index contributed by atoms with van der Waals surface area (Å²) in [6.07, 6.45) is 0.105. The number of ether oxygens (including phenoxy) is 4. The molecule has 0 saturated carbocycles. The van der Waals surface area contributed by atoms with Crippen LogP contribution >= 0.6 is 0 Å². The topological polar surface area (TPSA) is 137 Å². The fourth-order valence-electron chi connectivity index (χ4n) is 2.87. The Bertz CT molecular complexity index is 917. The summed E-state index contributed by atoms with van der Waals surface area (Å²) in [7, 11) is 0. The molecular weight excluding hydrogens is 482 g/mol. The minimum atomic E-state index is -1.11. The maximum Gasteiger partial charge on any atom is 0.508 e. The zero-order valence-corrected chi connectivity index (χ0v) is 22.9. The predicted molar refractivity (Wildman–Crippen MR) is 137 cm³/mol. The Morgan fingerprint density at radius 2 is 1.35 bits per heavy atom. The first kappa shape index (κ1) is 31.9. The normalized spacial score (nSPS) is 15.0. The Morgan fingerprint density at radius 1 is 0.811 bits per heavy atom. The van der Waals surface area contributed by atoms with Gasteiger partial charge in [0.1, 0.15) is 18.2 Å². The highest BCUT2D eigenvalue weighted by atomic mass is 16.7. The number of esters is 2. The van der Waals surface area contributed by atoms with Crippen LogP contribution in [-0.4, -0.2) is 54.0 Å². The quantitative estimate of drug-likeness (QED) is 0.249. The Kier molecular flexibility index (Phi) is 13.7. The molecule has 4 unspecified atom stereocenters. The molecule has 208 valence electrons. The van der Waals surface area contributed by atoms with Crippen LogP contribution in [0.3, 0.4) is 0 Å². The summed E-state index contributed by atoms with van der Waals surface area (Å²) in [6.45, 7) is 12.5. The van der Waals surface area contributed by atoms with Crippen molar-refractivity contribution in [2.24, 2.45) is 11.8 Å². The number of carbonyl (C=O) groups is 4. The predicted octanol–water partition coefficient (Wildman–Crippen LogP) is 4.52. The fraction of sp³-hybridized carbons (Fsp3) is 0.630. The number of benzene rings is 1. The van der Waals surface area contributed by atoms with E-state index in [0.717, 1.165) is 0 Å². The number of aliphatic carboxylic acids is 1. The van der Waals surface area contributed by atoms with Crippen LogP contribution in [0.4, 0.5) is 4.79 Å². The SMILES string of the molecule is CCC(C)OC(=O)OC(C)CN[C@@H](Cc1ccc(OC(=O)C(C)CC)c(OC(=O)C(C)CC)c1)C(=O)O. The van der Waals surface area contributed by atoms with Gasteiger partial charge < -0.3 is 29.4 Å². The van der Waals surface area contributed by atoms with Crippen LogP contribution in [0.2, 0.25) is 0 Å². The summed E-state index contributed by atoms with van der Waals surface area (Å²) in [5.74, 6) is -2.63. The van der Waals surface area contributed by atoms with Crippen molar-refractivity contribution in [1.82, 2.24) is 5.32 Å². The first-order chi connectivity index (χ1) is 17.4. The third-order valence-electron chi connectivity index (χ3n) is 6.02. The number of rotatable bonds is 15. The summed E-state index contributed by atoms with van der Waals surface area (Å²) in [5, 5.41) is 12.6. The third-order valence-corrected chi connectivity index (χ3v) is 6.02.